The zero-order valence-electron chi connectivity index (χ0n) is 6.90. The summed E-state index contributed by atoms with van der Waals surface area (Å²) in [6.07, 6.45) is 3.54. The van der Waals surface area contributed by atoms with Gasteiger partial charge in [0.05, 0.1) is 12.2 Å². The molecule has 0 atom stereocenters. The van der Waals surface area contributed by atoms with Gasteiger partial charge in [0, 0.05) is 24.3 Å². The maximum atomic E-state index is 4.08. The van der Waals surface area contributed by atoms with Gasteiger partial charge in [0.1, 0.15) is 5.82 Å². The van der Waals surface area contributed by atoms with Gasteiger partial charge >= 0.3 is 0 Å². The molecule has 13 heavy (non-hydrogen) atoms. The van der Waals surface area contributed by atoms with Gasteiger partial charge < -0.3 is 10.3 Å². The summed E-state index contributed by atoms with van der Waals surface area (Å²) in [6.45, 7) is 1.46. The largest absolute Gasteiger partial charge is 0.348 e. The second-order valence-corrected chi connectivity index (χ2v) is 3.15. The van der Waals surface area contributed by atoms with Crippen molar-refractivity contribution in [1.29, 1.82) is 0 Å². The molecular weight excluding hydrogens is 186 g/mol. The number of rotatable bonds is 4. The number of aromatic amines is 1. The van der Waals surface area contributed by atoms with E-state index in [1.807, 2.05) is 5.38 Å². The second-order valence-electron chi connectivity index (χ2n) is 2.54. The minimum Gasteiger partial charge on any atom is -0.348 e. The molecule has 0 aliphatic carbocycles. The number of hydrogen-bond donors (Lipinski definition) is 2. The van der Waals surface area contributed by atoms with Crippen LogP contribution >= 0.6 is 11.5 Å². The average molecular weight is 195 g/mol. The number of imidazole rings is 1. The van der Waals surface area contributed by atoms with Gasteiger partial charge in [-0.3, -0.25) is 0 Å². The van der Waals surface area contributed by atoms with E-state index >= 15 is 0 Å². The molecule has 0 fully saturated rings. The van der Waals surface area contributed by atoms with Crippen molar-refractivity contribution in [1.82, 2.24) is 24.9 Å². The average Bonchev–Trinajstić information content (AvgIpc) is 2.75. The summed E-state index contributed by atoms with van der Waals surface area (Å²) in [5.41, 5.74) is 0.969. The predicted octanol–water partition coefficient (Wildman–Crippen LogP) is 0.551. The van der Waals surface area contributed by atoms with Crippen LogP contribution in [0.25, 0.3) is 0 Å². The van der Waals surface area contributed by atoms with Gasteiger partial charge in [-0.1, -0.05) is 4.49 Å². The lowest BCUT2D eigenvalue weighted by Gasteiger charge is -1.97. The van der Waals surface area contributed by atoms with Gasteiger partial charge in [0.25, 0.3) is 0 Å². The Bertz CT molecular complexity index is 293. The van der Waals surface area contributed by atoms with E-state index in [1.165, 1.54) is 11.5 Å². The molecule has 5 nitrogen and oxygen atoms in total. The minimum absolute atomic E-state index is 0.727. The van der Waals surface area contributed by atoms with Crippen molar-refractivity contribution in [3.05, 3.63) is 29.3 Å². The van der Waals surface area contributed by atoms with Crippen molar-refractivity contribution in [2.24, 2.45) is 0 Å². The van der Waals surface area contributed by atoms with Crippen molar-refractivity contribution < 1.29 is 0 Å². The molecule has 0 amide bonds. The van der Waals surface area contributed by atoms with Gasteiger partial charge in [-0.25, -0.2) is 4.98 Å². The van der Waals surface area contributed by atoms with Gasteiger partial charge in [0.2, 0.25) is 0 Å². The summed E-state index contributed by atoms with van der Waals surface area (Å²) in [5.74, 6) is 0.934. The molecule has 0 saturated carbocycles. The van der Waals surface area contributed by atoms with Crippen molar-refractivity contribution in [2.75, 3.05) is 0 Å². The van der Waals surface area contributed by atoms with Crippen LogP contribution in [0.5, 0.6) is 0 Å². The van der Waals surface area contributed by atoms with Crippen LogP contribution in [-0.2, 0) is 13.1 Å². The van der Waals surface area contributed by atoms with E-state index < -0.39 is 0 Å². The first kappa shape index (κ1) is 8.33. The van der Waals surface area contributed by atoms with E-state index in [-0.39, 0.29) is 0 Å². The number of nitrogens with one attached hydrogen (secondary N) is 2. The number of nitrogens with zero attached hydrogens (tertiary/aromatic N) is 3. The fourth-order valence-electron chi connectivity index (χ4n) is 0.965. The van der Waals surface area contributed by atoms with Crippen LogP contribution in [0.1, 0.15) is 11.5 Å². The van der Waals surface area contributed by atoms with Crippen LogP contribution in [0.2, 0.25) is 0 Å². The van der Waals surface area contributed by atoms with Crippen LogP contribution in [0.4, 0.5) is 0 Å². The van der Waals surface area contributed by atoms with Crippen molar-refractivity contribution in [3.63, 3.8) is 0 Å². The highest BCUT2D eigenvalue weighted by atomic mass is 32.1. The third kappa shape index (κ3) is 2.33. The van der Waals surface area contributed by atoms with Crippen molar-refractivity contribution in [2.45, 2.75) is 13.1 Å². The summed E-state index contributed by atoms with van der Waals surface area (Å²) in [6, 6.07) is 0. The first-order chi connectivity index (χ1) is 6.45. The summed E-state index contributed by atoms with van der Waals surface area (Å²) < 4.78 is 3.77. The van der Waals surface area contributed by atoms with Gasteiger partial charge in [-0.05, 0) is 11.5 Å². The summed E-state index contributed by atoms with van der Waals surface area (Å²) in [4.78, 5) is 7.09. The van der Waals surface area contributed by atoms with Crippen LogP contribution in [0.3, 0.4) is 0 Å². The molecular formula is C7H9N5S. The Morgan fingerprint density at radius 1 is 1.46 bits per heavy atom. The Hall–Kier alpha value is -1.27. The molecule has 0 aromatic carbocycles. The first-order valence-corrected chi connectivity index (χ1v) is 4.74. The SMILES string of the molecule is c1c[nH]c(CNCc2csnn2)n1. The third-order valence-corrected chi connectivity index (χ3v) is 2.11. The van der Waals surface area contributed by atoms with Gasteiger partial charge in [-0.2, -0.15) is 0 Å². The Morgan fingerprint density at radius 3 is 3.15 bits per heavy atom. The standard InChI is InChI=1S/C7H9N5S/c1-2-10-7(9-1)4-8-3-6-5-13-12-11-6/h1-2,5,8H,3-4H2,(H,9,10). The van der Waals surface area contributed by atoms with Gasteiger partial charge in [-0.15, -0.1) is 5.10 Å². The molecule has 2 aromatic heterocycles. The Balaban J connectivity index is 1.76. The summed E-state index contributed by atoms with van der Waals surface area (Å²) >= 11 is 1.36. The Kier molecular flexibility index (Phi) is 2.63. The highest BCUT2D eigenvalue weighted by molar-refractivity contribution is 7.03. The fourth-order valence-corrected chi connectivity index (χ4v) is 1.42. The maximum Gasteiger partial charge on any atom is 0.120 e. The molecule has 2 rings (SSSR count). The fraction of sp³-hybridized carbons (Fsp3) is 0.286. The Labute approximate surface area is 79.4 Å². The van der Waals surface area contributed by atoms with E-state index in [1.54, 1.807) is 12.4 Å². The smallest absolute Gasteiger partial charge is 0.120 e. The molecule has 0 radical (unpaired) electrons. The third-order valence-electron chi connectivity index (χ3n) is 1.56. The van der Waals surface area contributed by atoms with E-state index in [0.29, 0.717) is 0 Å². The molecule has 6 heteroatoms. The molecule has 0 saturated heterocycles. The quantitative estimate of drug-likeness (QED) is 0.747. The molecule has 0 aliphatic rings. The molecule has 2 N–H and O–H groups in total. The highest BCUT2D eigenvalue weighted by Crippen LogP contribution is 1.96. The normalized spacial score (nSPS) is 10.5. The van der Waals surface area contributed by atoms with Crippen LogP contribution < -0.4 is 5.32 Å². The lowest BCUT2D eigenvalue weighted by molar-refractivity contribution is 0.656. The number of H-pyrrole nitrogens is 1. The highest BCUT2D eigenvalue weighted by Gasteiger charge is 1.96. The van der Waals surface area contributed by atoms with Gasteiger partial charge in [0.15, 0.2) is 0 Å². The van der Waals surface area contributed by atoms with E-state index in [2.05, 4.69) is 24.9 Å². The monoisotopic (exact) mass is 195 g/mol. The number of aromatic nitrogens is 4. The zero-order chi connectivity index (χ0) is 8.93. The predicted molar refractivity (Wildman–Crippen MR) is 49.0 cm³/mol. The van der Waals surface area contributed by atoms with Crippen molar-refractivity contribution in [3.8, 4) is 0 Å². The molecule has 2 aromatic rings. The lowest BCUT2D eigenvalue weighted by Crippen LogP contribution is -2.13. The van der Waals surface area contributed by atoms with E-state index in [4.69, 9.17) is 0 Å². The van der Waals surface area contributed by atoms with Crippen LogP contribution in [0.15, 0.2) is 17.8 Å². The number of hydrogen-bond acceptors (Lipinski definition) is 5. The molecule has 0 spiro atoms. The minimum atomic E-state index is 0.727. The lowest BCUT2D eigenvalue weighted by atomic mass is 10.5. The molecule has 0 aliphatic heterocycles. The first-order valence-electron chi connectivity index (χ1n) is 3.90. The molecule has 0 bridgehead atoms. The topological polar surface area (TPSA) is 66.5 Å². The van der Waals surface area contributed by atoms with E-state index in [9.17, 15) is 0 Å². The van der Waals surface area contributed by atoms with Crippen LogP contribution in [0, 0.1) is 0 Å². The molecule has 0 unspecified atom stereocenters. The summed E-state index contributed by atoms with van der Waals surface area (Å²) in [7, 11) is 0. The van der Waals surface area contributed by atoms with Crippen LogP contribution in [-0.4, -0.2) is 19.6 Å². The van der Waals surface area contributed by atoms with Crippen molar-refractivity contribution >= 4 is 11.5 Å². The molecule has 2 heterocycles. The molecule has 68 valence electrons. The Morgan fingerprint density at radius 2 is 2.46 bits per heavy atom. The van der Waals surface area contributed by atoms with E-state index in [0.717, 1.165) is 24.6 Å². The maximum absolute atomic E-state index is 4.08. The second kappa shape index (κ2) is 4.11. The zero-order valence-corrected chi connectivity index (χ0v) is 7.71. The summed E-state index contributed by atoms with van der Waals surface area (Å²) in [5, 5.41) is 9.04.